The number of nitrogen functional groups attached to an aromatic ring is 1. The molecule has 0 spiro atoms. The molecule has 0 atom stereocenters. The third-order valence-corrected chi connectivity index (χ3v) is 5.30. The molecule has 0 saturated heterocycles. The second kappa shape index (κ2) is 5.19. The highest BCUT2D eigenvalue weighted by Gasteiger charge is 2.86. The van der Waals surface area contributed by atoms with E-state index in [1.807, 2.05) is 27.7 Å². The lowest BCUT2D eigenvalue weighted by Gasteiger charge is -2.26. The highest BCUT2D eigenvalue weighted by molar-refractivity contribution is 6.09. The van der Waals surface area contributed by atoms with Crippen molar-refractivity contribution in [2.75, 3.05) is 5.73 Å². The molecule has 24 heavy (non-hydrogen) atoms. The second-order valence-corrected chi connectivity index (χ2v) is 8.22. The summed E-state index contributed by atoms with van der Waals surface area (Å²) in [5.74, 6) is -0.757. The maximum atomic E-state index is 12.9. The van der Waals surface area contributed by atoms with E-state index in [2.05, 4.69) is 15.5 Å². The highest BCUT2D eigenvalue weighted by Crippen LogP contribution is 2.78. The Hall–Kier alpha value is -2.12. The van der Waals surface area contributed by atoms with E-state index >= 15 is 0 Å². The molecule has 1 aliphatic carbocycles. The average Bonchev–Trinajstić information content (AvgIpc) is 2.69. The number of aromatic nitrogens is 2. The van der Waals surface area contributed by atoms with Gasteiger partial charge in [-0.25, -0.2) is 0 Å². The minimum Gasteiger partial charge on any atom is -0.459 e. The van der Waals surface area contributed by atoms with Crippen LogP contribution in [0.1, 0.15) is 54.4 Å². The van der Waals surface area contributed by atoms with Gasteiger partial charge >= 0.3 is 12.0 Å². The van der Waals surface area contributed by atoms with E-state index in [4.69, 9.17) is 14.9 Å². The van der Waals surface area contributed by atoms with Gasteiger partial charge in [-0.15, -0.1) is 5.10 Å². The Kier molecular flexibility index (Phi) is 3.94. The first-order valence-corrected chi connectivity index (χ1v) is 7.87. The lowest BCUT2D eigenvalue weighted by molar-refractivity contribution is -0.167. The van der Waals surface area contributed by atoms with Crippen molar-refractivity contribution >= 4 is 17.9 Å². The van der Waals surface area contributed by atoms with Gasteiger partial charge in [-0.05, 0) is 31.6 Å². The molecular weight excluding hydrogens is 312 g/mol. The lowest BCUT2D eigenvalue weighted by Crippen LogP contribution is -2.44. The Labute approximate surface area is 141 Å². The molecule has 8 heteroatoms. The predicted molar refractivity (Wildman–Crippen MR) is 86.4 cm³/mol. The minimum atomic E-state index is -1.28. The summed E-state index contributed by atoms with van der Waals surface area (Å²) < 4.78 is 10.6. The fourth-order valence-corrected chi connectivity index (χ4v) is 3.46. The molecule has 1 aromatic heterocycles. The zero-order valence-corrected chi connectivity index (χ0v) is 15.3. The van der Waals surface area contributed by atoms with E-state index in [0.717, 1.165) is 0 Å². The van der Waals surface area contributed by atoms with Gasteiger partial charge < -0.3 is 20.2 Å². The zero-order chi connectivity index (χ0) is 18.6. The zero-order valence-electron chi connectivity index (χ0n) is 15.3. The van der Waals surface area contributed by atoms with Crippen molar-refractivity contribution in [3.63, 3.8) is 0 Å². The first kappa shape index (κ1) is 18.2. The van der Waals surface area contributed by atoms with Gasteiger partial charge in [0.15, 0.2) is 5.41 Å². The fraction of sp³-hybridized carbons (Fsp3) is 0.750. The summed E-state index contributed by atoms with van der Waals surface area (Å²) in [6.45, 7) is 12.9. The third kappa shape index (κ3) is 2.44. The van der Waals surface area contributed by atoms with Crippen LogP contribution in [-0.4, -0.2) is 27.7 Å². The smallest absolute Gasteiger partial charge is 0.323 e. The van der Waals surface area contributed by atoms with Crippen molar-refractivity contribution in [1.82, 2.24) is 15.5 Å². The van der Waals surface area contributed by atoms with Crippen LogP contribution in [-0.2, 0) is 20.9 Å². The Morgan fingerprint density at radius 2 is 1.71 bits per heavy atom. The summed E-state index contributed by atoms with van der Waals surface area (Å²) >= 11 is 0. The van der Waals surface area contributed by atoms with Gasteiger partial charge in [0.2, 0.25) is 11.8 Å². The first-order valence-electron chi connectivity index (χ1n) is 7.87. The van der Waals surface area contributed by atoms with Gasteiger partial charge in [0.25, 0.3) is 0 Å². The average molecular weight is 338 g/mol. The maximum Gasteiger partial charge on any atom is 0.323 e. The molecule has 1 heterocycles. The van der Waals surface area contributed by atoms with Crippen LogP contribution in [0.4, 0.5) is 6.01 Å². The van der Waals surface area contributed by atoms with E-state index in [0.29, 0.717) is 0 Å². The molecule has 0 aromatic carbocycles. The number of ether oxygens (including phenoxy) is 1. The van der Waals surface area contributed by atoms with E-state index in [1.54, 1.807) is 20.8 Å². The quantitative estimate of drug-likeness (QED) is 0.632. The highest BCUT2D eigenvalue weighted by atomic mass is 16.6. The molecule has 1 saturated carbocycles. The monoisotopic (exact) mass is 338 g/mol. The summed E-state index contributed by atoms with van der Waals surface area (Å²) in [6.07, 6.45) is 0. The van der Waals surface area contributed by atoms with Crippen LogP contribution < -0.4 is 11.1 Å². The van der Waals surface area contributed by atoms with Crippen molar-refractivity contribution in [3.8, 4) is 0 Å². The van der Waals surface area contributed by atoms with Gasteiger partial charge in [-0.1, -0.05) is 32.8 Å². The van der Waals surface area contributed by atoms with Crippen LogP contribution in [0.25, 0.3) is 0 Å². The number of nitrogens with two attached hydrogens (primary N) is 1. The Bertz CT molecular complexity index is 656. The minimum absolute atomic E-state index is 0.000257. The number of carbonyl (C=O) groups excluding carboxylic acids is 2. The molecule has 0 bridgehead atoms. The van der Waals surface area contributed by atoms with Crippen LogP contribution in [0.5, 0.6) is 0 Å². The lowest BCUT2D eigenvalue weighted by atomic mass is 9.93. The maximum absolute atomic E-state index is 12.9. The Morgan fingerprint density at radius 3 is 2.08 bits per heavy atom. The van der Waals surface area contributed by atoms with Crippen molar-refractivity contribution in [2.45, 2.75) is 60.6 Å². The number of amides is 1. The number of nitrogens with one attached hydrogen (secondary N) is 1. The second-order valence-electron chi connectivity index (χ2n) is 8.22. The Balaban J connectivity index is 2.25. The molecular formula is C16H26N4O4. The van der Waals surface area contributed by atoms with Crippen LogP contribution in [0.15, 0.2) is 4.42 Å². The summed E-state index contributed by atoms with van der Waals surface area (Å²) in [4.78, 5) is 25.8. The third-order valence-electron chi connectivity index (χ3n) is 5.30. The SMILES string of the molecule is CC(C)(C)OC(=O)C1(C(=O)NCc2nnc(N)o2)C(C)(C)C1(C)C. The molecule has 1 fully saturated rings. The molecule has 1 aromatic rings. The molecule has 0 radical (unpaired) electrons. The van der Waals surface area contributed by atoms with Gasteiger partial charge in [-0.2, -0.15) is 0 Å². The normalized spacial score (nSPS) is 20.3. The fourth-order valence-electron chi connectivity index (χ4n) is 3.46. The number of carbonyl (C=O) groups is 2. The predicted octanol–water partition coefficient (Wildman–Crippen LogP) is 1.66. The molecule has 1 amide bonds. The molecule has 3 N–H and O–H groups in total. The number of rotatable bonds is 4. The van der Waals surface area contributed by atoms with Gasteiger partial charge in [0.05, 0.1) is 6.54 Å². The van der Waals surface area contributed by atoms with Crippen molar-refractivity contribution in [3.05, 3.63) is 5.89 Å². The van der Waals surface area contributed by atoms with E-state index in [1.165, 1.54) is 0 Å². The summed E-state index contributed by atoms with van der Waals surface area (Å²) in [6, 6.07) is -0.0758. The molecule has 1 aliphatic rings. The van der Waals surface area contributed by atoms with Crippen LogP contribution in [0.3, 0.4) is 0 Å². The molecule has 134 valence electrons. The summed E-state index contributed by atoms with van der Waals surface area (Å²) in [5, 5.41) is 9.93. The molecule has 0 unspecified atom stereocenters. The first-order chi connectivity index (χ1) is 10.8. The van der Waals surface area contributed by atoms with Crippen LogP contribution >= 0.6 is 0 Å². The number of hydrogen-bond acceptors (Lipinski definition) is 7. The van der Waals surface area contributed by atoms with E-state index in [-0.39, 0.29) is 18.5 Å². The van der Waals surface area contributed by atoms with Crippen LogP contribution in [0.2, 0.25) is 0 Å². The number of hydrogen-bond donors (Lipinski definition) is 2. The number of anilines is 1. The number of esters is 1. The van der Waals surface area contributed by atoms with Crippen molar-refractivity contribution < 1.29 is 18.7 Å². The number of nitrogens with zero attached hydrogens (tertiary/aromatic N) is 2. The van der Waals surface area contributed by atoms with Crippen molar-refractivity contribution in [1.29, 1.82) is 0 Å². The van der Waals surface area contributed by atoms with Gasteiger partial charge in [-0.3, -0.25) is 9.59 Å². The standard InChI is InChI=1S/C16H26N4O4/c1-13(2,3)24-11(22)16(14(4,5)15(16,6)7)10(21)18-8-9-19-20-12(17)23-9/h8H2,1-7H3,(H2,17,20)(H,18,21). The van der Waals surface area contributed by atoms with Gasteiger partial charge in [0.1, 0.15) is 5.60 Å². The molecule has 2 rings (SSSR count). The summed E-state index contributed by atoms with van der Waals surface area (Å²) in [7, 11) is 0. The topological polar surface area (TPSA) is 120 Å². The van der Waals surface area contributed by atoms with Crippen molar-refractivity contribution in [2.24, 2.45) is 16.2 Å². The largest absolute Gasteiger partial charge is 0.459 e. The molecule has 8 nitrogen and oxygen atoms in total. The Morgan fingerprint density at radius 1 is 1.17 bits per heavy atom. The summed E-state index contributed by atoms with van der Waals surface area (Å²) in [5.41, 5.74) is 2.29. The van der Waals surface area contributed by atoms with Gasteiger partial charge in [0, 0.05) is 0 Å². The molecule has 0 aliphatic heterocycles. The van der Waals surface area contributed by atoms with E-state index in [9.17, 15) is 9.59 Å². The van der Waals surface area contributed by atoms with Crippen LogP contribution in [0, 0.1) is 16.2 Å². The van der Waals surface area contributed by atoms with E-state index < -0.39 is 33.7 Å².